The van der Waals surface area contributed by atoms with Crippen molar-refractivity contribution in [1.82, 2.24) is 14.3 Å². The molecule has 0 aliphatic heterocycles. The molecule has 1 aromatic heterocycles. The van der Waals surface area contributed by atoms with Crippen LogP contribution in [-0.2, 0) is 10.0 Å². The summed E-state index contributed by atoms with van der Waals surface area (Å²) in [6, 6.07) is 14.2. The average molecular weight is 456 g/mol. The third-order valence-electron chi connectivity index (χ3n) is 5.07. The summed E-state index contributed by atoms with van der Waals surface area (Å²) in [5.74, 6) is 1.66. The summed E-state index contributed by atoms with van der Waals surface area (Å²) in [7, 11) is -3.51. The van der Waals surface area contributed by atoms with Gasteiger partial charge in [0.05, 0.1) is 4.90 Å². The van der Waals surface area contributed by atoms with Gasteiger partial charge in [0, 0.05) is 18.8 Å². The van der Waals surface area contributed by atoms with Crippen molar-refractivity contribution in [1.29, 1.82) is 0 Å². The molecule has 0 radical (unpaired) electrons. The van der Waals surface area contributed by atoms with Crippen LogP contribution in [0.4, 0.5) is 17.2 Å². The van der Waals surface area contributed by atoms with E-state index in [2.05, 4.69) is 29.1 Å². The zero-order chi connectivity index (χ0) is 23.3. The second-order valence-electron chi connectivity index (χ2n) is 7.51. The first-order valence-corrected chi connectivity index (χ1v) is 12.0. The van der Waals surface area contributed by atoms with Gasteiger partial charge < -0.3 is 15.8 Å². The number of benzene rings is 2. The molecule has 0 spiro atoms. The van der Waals surface area contributed by atoms with Gasteiger partial charge in [0.25, 0.3) is 0 Å². The van der Waals surface area contributed by atoms with Gasteiger partial charge in [0.2, 0.25) is 15.9 Å². The fraction of sp³-hybridized carbons (Fsp3) is 0.304. The van der Waals surface area contributed by atoms with E-state index in [0.29, 0.717) is 36.3 Å². The van der Waals surface area contributed by atoms with Gasteiger partial charge in [-0.3, -0.25) is 0 Å². The molecule has 8 nitrogen and oxygen atoms in total. The second kappa shape index (κ2) is 9.97. The van der Waals surface area contributed by atoms with Gasteiger partial charge in [-0.1, -0.05) is 39.8 Å². The molecule has 0 unspecified atom stereocenters. The zero-order valence-electron chi connectivity index (χ0n) is 18.7. The van der Waals surface area contributed by atoms with Crippen molar-refractivity contribution in [3.63, 3.8) is 0 Å². The SMILES string of the molecule is CCN(CC)S(=O)(=O)c1ccc(Nc2ncnc(Oc3ccc(C(C)C)cc3)c2N)cc1. The largest absolute Gasteiger partial charge is 0.437 e. The Morgan fingerprint density at radius 2 is 1.62 bits per heavy atom. The maximum absolute atomic E-state index is 12.6. The normalized spacial score (nSPS) is 11.7. The number of sulfonamides is 1. The number of rotatable bonds is 9. The van der Waals surface area contributed by atoms with Crippen molar-refractivity contribution in [2.75, 3.05) is 24.1 Å². The molecule has 32 heavy (non-hydrogen) atoms. The van der Waals surface area contributed by atoms with Crippen LogP contribution in [-0.4, -0.2) is 35.8 Å². The summed E-state index contributed by atoms with van der Waals surface area (Å²) >= 11 is 0. The highest BCUT2D eigenvalue weighted by Gasteiger charge is 2.21. The highest BCUT2D eigenvalue weighted by Crippen LogP contribution is 2.31. The maximum atomic E-state index is 12.6. The van der Waals surface area contributed by atoms with Crippen LogP contribution in [0.3, 0.4) is 0 Å². The number of anilines is 3. The van der Waals surface area contributed by atoms with Gasteiger partial charge in [-0.05, 0) is 47.9 Å². The molecule has 170 valence electrons. The Morgan fingerprint density at radius 3 is 2.19 bits per heavy atom. The van der Waals surface area contributed by atoms with Crippen molar-refractivity contribution in [2.24, 2.45) is 0 Å². The van der Waals surface area contributed by atoms with Crippen LogP contribution < -0.4 is 15.8 Å². The van der Waals surface area contributed by atoms with Crippen molar-refractivity contribution < 1.29 is 13.2 Å². The summed E-state index contributed by atoms with van der Waals surface area (Å²) in [4.78, 5) is 8.55. The van der Waals surface area contributed by atoms with Crippen LogP contribution >= 0.6 is 0 Å². The number of hydrogen-bond acceptors (Lipinski definition) is 7. The fourth-order valence-electron chi connectivity index (χ4n) is 3.15. The van der Waals surface area contributed by atoms with E-state index in [9.17, 15) is 8.42 Å². The minimum atomic E-state index is -3.51. The number of ether oxygens (including phenoxy) is 1. The van der Waals surface area contributed by atoms with E-state index in [1.54, 1.807) is 24.3 Å². The van der Waals surface area contributed by atoms with E-state index >= 15 is 0 Å². The molecule has 0 aliphatic rings. The highest BCUT2D eigenvalue weighted by molar-refractivity contribution is 7.89. The van der Waals surface area contributed by atoms with Crippen molar-refractivity contribution in [2.45, 2.75) is 38.5 Å². The average Bonchev–Trinajstić information content (AvgIpc) is 2.78. The Balaban J connectivity index is 1.77. The first-order valence-electron chi connectivity index (χ1n) is 10.5. The molecular formula is C23H29N5O3S. The lowest BCUT2D eigenvalue weighted by molar-refractivity contribution is 0.445. The van der Waals surface area contributed by atoms with Gasteiger partial charge >= 0.3 is 0 Å². The molecule has 1 heterocycles. The molecule has 0 fully saturated rings. The molecule has 0 amide bonds. The third kappa shape index (κ3) is 5.17. The lowest BCUT2D eigenvalue weighted by atomic mass is 10.0. The van der Waals surface area contributed by atoms with Crippen LogP contribution in [0.2, 0.25) is 0 Å². The second-order valence-corrected chi connectivity index (χ2v) is 9.44. The van der Waals surface area contributed by atoms with Gasteiger partial charge in [-0.25, -0.2) is 13.4 Å². The van der Waals surface area contributed by atoms with Crippen LogP contribution in [0.5, 0.6) is 11.6 Å². The Morgan fingerprint density at radius 1 is 1.00 bits per heavy atom. The smallest absolute Gasteiger partial charge is 0.248 e. The number of nitrogens with one attached hydrogen (secondary N) is 1. The molecule has 2 aromatic carbocycles. The van der Waals surface area contributed by atoms with Gasteiger partial charge in [-0.15, -0.1) is 0 Å². The Hall–Kier alpha value is -3.17. The highest BCUT2D eigenvalue weighted by atomic mass is 32.2. The Kier molecular flexibility index (Phi) is 7.32. The van der Waals surface area contributed by atoms with Gasteiger partial charge in [0.15, 0.2) is 5.82 Å². The summed E-state index contributed by atoms with van der Waals surface area (Å²) < 4.78 is 32.5. The predicted molar refractivity (Wildman–Crippen MR) is 127 cm³/mol. The molecule has 0 bridgehead atoms. The van der Waals surface area contributed by atoms with Crippen molar-refractivity contribution in [3.05, 3.63) is 60.4 Å². The quantitative estimate of drug-likeness (QED) is 0.479. The summed E-state index contributed by atoms with van der Waals surface area (Å²) in [6.45, 7) is 8.71. The summed E-state index contributed by atoms with van der Waals surface area (Å²) in [6.07, 6.45) is 1.36. The van der Waals surface area contributed by atoms with Crippen LogP contribution in [0.1, 0.15) is 39.2 Å². The fourth-order valence-corrected chi connectivity index (χ4v) is 4.61. The maximum Gasteiger partial charge on any atom is 0.248 e. The minimum Gasteiger partial charge on any atom is -0.437 e. The standard InChI is InChI=1S/C23H29N5O3S/c1-5-28(6-2)32(29,30)20-13-9-18(10-14-20)27-22-21(24)23(26-15-25-22)31-19-11-7-17(8-12-19)16(3)4/h7-16H,5-6,24H2,1-4H3,(H,25,26,27). The first kappa shape index (κ1) is 23.5. The number of nitrogens with zero attached hydrogens (tertiary/aromatic N) is 3. The molecule has 3 rings (SSSR count). The molecule has 0 saturated heterocycles. The molecular weight excluding hydrogens is 426 g/mol. The van der Waals surface area contributed by atoms with Crippen molar-refractivity contribution in [3.8, 4) is 11.6 Å². The van der Waals surface area contributed by atoms with Crippen LogP contribution in [0, 0.1) is 0 Å². The van der Waals surface area contributed by atoms with Crippen LogP contribution in [0.25, 0.3) is 0 Å². The number of nitrogen functional groups attached to an aromatic ring is 1. The number of nitrogens with two attached hydrogens (primary N) is 1. The van der Waals surface area contributed by atoms with E-state index in [1.165, 1.54) is 16.2 Å². The Labute approximate surface area is 189 Å². The lowest BCUT2D eigenvalue weighted by Crippen LogP contribution is -2.30. The molecule has 3 N–H and O–H groups in total. The Bertz CT molecular complexity index is 1140. The lowest BCUT2D eigenvalue weighted by Gasteiger charge is -2.18. The molecule has 0 saturated carbocycles. The van der Waals surface area contributed by atoms with E-state index in [-0.39, 0.29) is 16.5 Å². The topological polar surface area (TPSA) is 110 Å². The molecule has 9 heteroatoms. The summed E-state index contributed by atoms with van der Waals surface area (Å²) in [5, 5.41) is 3.09. The van der Waals surface area contributed by atoms with Gasteiger partial charge in [0.1, 0.15) is 17.8 Å². The predicted octanol–water partition coefficient (Wildman–Crippen LogP) is 4.75. The monoisotopic (exact) mass is 455 g/mol. The van der Waals surface area contributed by atoms with Crippen LogP contribution in [0.15, 0.2) is 59.8 Å². The minimum absolute atomic E-state index is 0.233. The van der Waals surface area contributed by atoms with Gasteiger partial charge in [-0.2, -0.15) is 9.29 Å². The van der Waals surface area contributed by atoms with E-state index in [0.717, 1.165) is 0 Å². The summed E-state index contributed by atoms with van der Waals surface area (Å²) in [5.41, 5.74) is 8.32. The van der Waals surface area contributed by atoms with E-state index in [4.69, 9.17) is 10.5 Å². The molecule has 3 aromatic rings. The molecule has 0 aliphatic carbocycles. The first-order chi connectivity index (χ1) is 15.3. The van der Waals surface area contributed by atoms with E-state index < -0.39 is 10.0 Å². The number of aromatic nitrogens is 2. The van der Waals surface area contributed by atoms with Crippen molar-refractivity contribution >= 4 is 27.2 Å². The third-order valence-corrected chi connectivity index (χ3v) is 7.13. The zero-order valence-corrected chi connectivity index (χ0v) is 19.6. The number of hydrogen-bond donors (Lipinski definition) is 2. The van der Waals surface area contributed by atoms with E-state index in [1.807, 2.05) is 38.1 Å². The molecule has 0 atom stereocenters.